The van der Waals surface area contributed by atoms with Crippen LogP contribution in [0, 0.1) is 0 Å². The van der Waals surface area contributed by atoms with Gasteiger partial charge >= 0.3 is 26.6 Å². The van der Waals surface area contributed by atoms with E-state index in [0.29, 0.717) is 0 Å². The van der Waals surface area contributed by atoms with Gasteiger partial charge < -0.3 is 0 Å². The number of hydrogen-bond donors (Lipinski definition) is 0. The van der Waals surface area contributed by atoms with E-state index in [1.54, 1.807) is 0 Å². The molecule has 0 atom stereocenters. The number of allylic oxidation sites excluding steroid dienone is 2. The maximum atomic E-state index is 2.08. The molecule has 0 amide bonds. The van der Waals surface area contributed by atoms with E-state index < -0.39 is 0 Å². The summed E-state index contributed by atoms with van der Waals surface area (Å²) in [7, 11) is 0. The molecule has 0 spiro atoms. The number of rotatable bonds is 0. The molecule has 0 rings (SSSR count). The Morgan fingerprint density at radius 2 is 1.50 bits per heavy atom. The van der Waals surface area contributed by atoms with Crippen LogP contribution in [0.25, 0.3) is 0 Å². The first-order chi connectivity index (χ1) is 2.27. The normalized spacial score (nSPS) is 5.83. The summed E-state index contributed by atoms with van der Waals surface area (Å²) in [6.45, 7) is 6.20. The minimum absolute atomic E-state index is 0. The molecule has 0 fully saturated rings. The second kappa shape index (κ2) is 5.64. The Kier molecular flexibility index (Phi) is 9.21. The molecule has 0 aromatic heterocycles. The molecule has 0 N–H and O–H groups in total. The fourth-order valence-electron chi connectivity index (χ4n) is 0. The van der Waals surface area contributed by atoms with Gasteiger partial charge in [-0.3, -0.25) is 0 Å². The van der Waals surface area contributed by atoms with E-state index in [4.69, 9.17) is 0 Å². The maximum absolute atomic E-state index is 2.08. The molecular formula is C5H12Po. The minimum atomic E-state index is 0. The summed E-state index contributed by atoms with van der Waals surface area (Å²) in [6, 6.07) is 0. The molecule has 0 saturated carbocycles. The summed E-state index contributed by atoms with van der Waals surface area (Å²) >= 11 is 0. The molecule has 0 aliphatic carbocycles. The molecule has 38 valence electrons. The molecule has 1 heteroatoms. The van der Waals surface area contributed by atoms with Gasteiger partial charge in [0.05, 0.1) is 0 Å². The summed E-state index contributed by atoms with van der Waals surface area (Å²) in [5.41, 5.74) is 1.38. The quantitative estimate of drug-likeness (QED) is 0.582. The van der Waals surface area contributed by atoms with Gasteiger partial charge in [-0.2, -0.15) is 0 Å². The second-order valence-corrected chi connectivity index (χ2v) is 1.37. The predicted molar refractivity (Wildman–Crippen MR) is 33.6 cm³/mol. The van der Waals surface area contributed by atoms with E-state index in [0.717, 1.165) is 0 Å². The second-order valence-electron chi connectivity index (χ2n) is 1.37. The van der Waals surface area contributed by atoms with E-state index in [2.05, 4.69) is 19.9 Å². The zero-order chi connectivity index (χ0) is 4.28. The predicted octanol–water partition coefficient (Wildman–Crippen LogP) is 1.06. The Morgan fingerprint density at radius 1 is 1.33 bits per heavy atom. The van der Waals surface area contributed by atoms with Gasteiger partial charge in [-0.1, -0.05) is 11.6 Å². The van der Waals surface area contributed by atoms with E-state index in [1.165, 1.54) is 5.57 Å². The third-order valence-electron chi connectivity index (χ3n) is 0.577. The monoisotopic (exact) mass is 281 g/mol. The first-order valence-corrected chi connectivity index (χ1v) is 1.87. The summed E-state index contributed by atoms with van der Waals surface area (Å²) in [6.07, 6.45) is 2.08. The SMILES string of the molecule is CC=C(C)C.[PoH2]. The van der Waals surface area contributed by atoms with Crippen LogP contribution in [-0.2, 0) is 0 Å². The van der Waals surface area contributed by atoms with Crippen molar-refractivity contribution in [1.29, 1.82) is 0 Å². The van der Waals surface area contributed by atoms with Gasteiger partial charge in [-0.15, -0.1) is 0 Å². The average molecular weight is 281 g/mol. The first-order valence-electron chi connectivity index (χ1n) is 1.87. The van der Waals surface area contributed by atoms with E-state index in [1.807, 2.05) is 6.92 Å². The molecule has 0 nitrogen and oxygen atoms in total. The van der Waals surface area contributed by atoms with Crippen LogP contribution < -0.4 is 0 Å². The summed E-state index contributed by atoms with van der Waals surface area (Å²) < 4.78 is 0. The Hall–Kier alpha value is 0.636. The van der Waals surface area contributed by atoms with Crippen molar-refractivity contribution < 1.29 is 0 Å². The van der Waals surface area contributed by atoms with Crippen LogP contribution in [0.5, 0.6) is 0 Å². The molecule has 0 saturated heterocycles. The van der Waals surface area contributed by atoms with Gasteiger partial charge in [0.15, 0.2) is 0 Å². The van der Waals surface area contributed by atoms with Gasteiger partial charge in [0.2, 0.25) is 0 Å². The van der Waals surface area contributed by atoms with Crippen molar-refractivity contribution in [3.63, 3.8) is 0 Å². The third-order valence-corrected chi connectivity index (χ3v) is 0.577. The van der Waals surface area contributed by atoms with Gasteiger partial charge in [0.25, 0.3) is 0 Å². The Morgan fingerprint density at radius 3 is 1.50 bits per heavy atom. The van der Waals surface area contributed by atoms with Crippen molar-refractivity contribution in [2.45, 2.75) is 20.8 Å². The van der Waals surface area contributed by atoms with Crippen LogP contribution in [-0.4, -0.2) is 26.6 Å². The van der Waals surface area contributed by atoms with Gasteiger partial charge in [0, 0.05) is 0 Å². The van der Waals surface area contributed by atoms with Crippen LogP contribution in [0.4, 0.5) is 0 Å². The van der Waals surface area contributed by atoms with Crippen LogP contribution in [0.1, 0.15) is 20.8 Å². The van der Waals surface area contributed by atoms with E-state index in [9.17, 15) is 0 Å². The van der Waals surface area contributed by atoms with Crippen LogP contribution in [0.3, 0.4) is 0 Å². The molecule has 0 aromatic rings. The van der Waals surface area contributed by atoms with Crippen molar-refractivity contribution in [3.8, 4) is 0 Å². The Balaban J connectivity index is 0. The molecule has 0 bridgehead atoms. The van der Waals surface area contributed by atoms with Crippen molar-refractivity contribution in [1.82, 2.24) is 0 Å². The van der Waals surface area contributed by atoms with Crippen molar-refractivity contribution in [2.24, 2.45) is 0 Å². The Bertz CT molecular complexity index is 41.9. The van der Waals surface area contributed by atoms with Crippen molar-refractivity contribution in [3.05, 3.63) is 11.6 Å². The number of hydrogen-bond acceptors (Lipinski definition) is 0. The fourth-order valence-corrected chi connectivity index (χ4v) is 0. The molecule has 0 radical (unpaired) electrons. The molecule has 0 aromatic carbocycles. The van der Waals surface area contributed by atoms with Crippen molar-refractivity contribution in [2.75, 3.05) is 0 Å². The molecule has 0 unspecified atom stereocenters. The van der Waals surface area contributed by atoms with Crippen LogP contribution >= 0.6 is 0 Å². The van der Waals surface area contributed by atoms with E-state index in [-0.39, 0.29) is 26.6 Å². The molecule has 0 aliphatic heterocycles. The fraction of sp³-hybridized carbons (Fsp3) is 0.600. The zero-order valence-electron chi connectivity index (χ0n) is 4.58. The molecule has 6 heavy (non-hydrogen) atoms. The van der Waals surface area contributed by atoms with Crippen molar-refractivity contribution >= 4 is 26.6 Å². The Labute approximate surface area is 59.1 Å². The summed E-state index contributed by atoms with van der Waals surface area (Å²) in [5.74, 6) is 0. The van der Waals surface area contributed by atoms with Crippen LogP contribution in [0.2, 0.25) is 0 Å². The average Bonchev–Trinajstić information content (AvgIpc) is 1.38. The molecule has 0 heterocycles. The molecule has 0 aliphatic rings. The topological polar surface area (TPSA) is 0 Å². The van der Waals surface area contributed by atoms with Crippen LogP contribution in [0.15, 0.2) is 11.6 Å². The molecular weight excluding hydrogens is 269 g/mol. The van der Waals surface area contributed by atoms with Gasteiger partial charge in [-0.05, 0) is 20.8 Å². The van der Waals surface area contributed by atoms with Gasteiger partial charge in [0.1, 0.15) is 0 Å². The zero-order valence-corrected chi connectivity index (χ0v) is 8.46. The standard InChI is InChI=1S/C5H10.Po.2H/c1-4-5(2)3;;;/h4H,1-3H3;;;. The third kappa shape index (κ3) is 8.82. The van der Waals surface area contributed by atoms with E-state index >= 15 is 0 Å². The summed E-state index contributed by atoms with van der Waals surface area (Å²) in [4.78, 5) is 0. The first kappa shape index (κ1) is 9.81. The van der Waals surface area contributed by atoms with Gasteiger partial charge in [-0.25, -0.2) is 0 Å². The summed E-state index contributed by atoms with van der Waals surface area (Å²) in [5, 5.41) is 0.